The van der Waals surface area contributed by atoms with E-state index >= 15 is 0 Å². The first-order chi connectivity index (χ1) is 5.74. The Balaban J connectivity index is 2.45. The first-order valence-electron chi connectivity index (χ1n) is 4.39. The lowest BCUT2D eigenvalue weighted by atomic mass is 10.2. The first kappa shape index (κ1) is 9.26. The molecule has 1 amide bonds. The summed E-state index contributed by atoms with van der Waals surface area (Å²) in [5, 5.41) is 3.29. The van der Waals surface area contributed by atoms with Crippen molar-refractivity contribution in [2.45, 2.75) is 19.9 Å². The van der Waals surface area contributed by atoms with Gasteiger partial charge in [-0.3, -0.25) is 4.79 Å². The summed E-state index contributed by atoms with van der Waals surface area (Å²) in [6.07, 6.45) is 3.41. The number of amides is 1. The fraction of sp³-hybridized carbons (Fsp3) is 0.667. The number of hydrogen-bond donors (Lipinski definition) is 1. The van der Waals surface area contributed by atoms with Gasteiger partial charge in [0.05, 0.1) is 0 Å². The van der Waals surface area contributed by atoms with E-state index in [1.807, 2.05) is 11.8 Å². The number of rotatable bonds is 1. The quantitative estimate of drug-likeness (QED) is 0.574. The summed E-state index contributed by atoms with van der Waals surface area (Å²) in [5.41, 5.74) is 0. The fourth-order valence-corrected chi connectivity index (χ4v) is 1.38. The van der Waals surface area contributed by atoms with Crippen molar-refractivity contribution < 1.29 is 4.79 Å². The Hall–Kier alpha value is -0.830. The third-order valence-electron chi connectivity index (χ3n) is 1.99. The van der Waals surface area contributed by atoms with Crippen LogP contribution in [-0.4, -0.2) is 36.5 Å². The molecule has 1 rings (SSSR count). The van der Waals surface area contributed by atoms with Crippen LogP contribution >= 0.6 is 0 Å². The van der Waals surface area contributed by atoms with Gasteiger partial charge in [0, 0.05) is 25.7 Å². The number of allylic oxidation sites excluding steroid dienone is 1. The van der Waals surface area contributed by atoms with Crippen molar-refractivity contribution in [1.29, 1.82) is 0 Å². The minimum Gasteiger partial charge on any atom is -0.336 e. The Morgan fingerprint density at radius 3 is 3.00 bits per heavy atom. The molecule has 1 saturated heterocycles. The van der Waals surface area contributed by atoms with E-state index in [2.05, 4.69) is 12.2 Å². The molecule has 12 heavy (non-hydrogen) atoms. The second kappa shape index (κ2) is 4.26. The van der Waals surface area contributed by atoms with Gasteiger partial charge in [0.2, 0.25) is 5.91 Å². The maximum atomic E-state index is 11.4. The summed E-state index contributed by atoms with van der Waals surface area (Å²) in [6, 6.07) is 0.424. The summed E-state index contributed by atoms with van der Waals surface area (Å²) in [5.74, 6) is 0.130. The summed E-state index contributed by atoms with van der Waals surface area (Å²) in [4.78, 5) is 13.2. The monoisotopic (exact) mass is 168 g/mol. The van der Waals surface area contributed by atoms with Gasteiger partial charge in [-0.2, -0.15) is 0 Å². The molecule has 1 atom stereocenters. The molecule has 1 aliphatic rings. The van der Waals surface area contributed by atoms with Crippen molar-refractivity contribution in [3.05, 3.63) is 12.2 Å². The number of carbonyl (C=O) groups is 1. The SMILES string of the molecule is C/C=C/C(=O)N1CCN[C@H](C)C1. The number of nitrogens with zero attached hydrogens (tertiary/aromatic N) is 1. The van der Waals surface area contributed by atoms with Gasteiger partial charge in [0.25, 0.3) is 0 Å². The van der Waals surface area contributed by atoms with Crippen molar-refractivity contribution in [1.82, 2.24) is 10.2 Å². The molecule has 0 aliphatic carbocycles. The summed E-state index contributed by atoms with van der Waals surface area (Å²) in [6.45, 7) is 6.51. The summed E-state index contributed by atoms with van der Waals surface area (Å²) >= 11 is 0. The Kier molecular flexibility index (Phi) is 3.29. The van der Waals surface area contributed by atoms with Crippen molar-refractivity contribution in [2.75, 3.05) is 19.6 Å². The average Bonchev–Trinajstić information content (AvgIpc) is 2.05. The van der Waals surface area contributed by atoms with E-state index < -0.39 is 0 Å². The molecule has 1 aliphatic heterocycles. The van der Waals surface area contributed by atoms with Crippen LogP contribution in [0, 0.1) is 0 Å². The third kappa shape index (κ3) is 2.34. The van der Waals surface area contributed by atoms with Gasteiger partial charge < -0.3 is 10.2 Å². The fourth-order valence-electron chi connectivity index (χ4n) is 1.38. The van der Waals surface area contributed by atoms with Crippen LogP contribution in [0.2, 0.25) is 0 Å². The predicted octanol–water partition coefficient (Wildman–Crippen LogP) is 0.383. The van der Waals surface area contributed by atoms with Gasteiger partial charge in [-0.15, -0.1) is 0 Å². The molecule has 0 unspecified atom stereocenters. The summed E-state index contributed by atoms with van der Waals surface area (Å²) in [7, 11) is 0. The highest BCUT2D eigenvalue weighted by atomic mass is 16.2. The highest BCUT2D eigenvalue weighted by molar-refractivity contribution is 5.87. The van der Waals surface area contributed by atoms with Gasteiger partial charge in [0.15, 0.2) is 0 Å². The van der Waals surface area contributed by atoms with Crippen LogP contribution in [-0.2, 0) is 4.79 Å². The van der Waals surface area contributed by atoms with Crippen LogP contribution in [0.15, 0.2) is 12.2 Å². The highest BCUT2D eigenvalue weighted by Crippen LogP contribution is 1.99. The minimum absolute atomic E-state index is 0.130. The van der Waals surface area contributed by atoms with Crippen LogP contribution in [0.5, 0.6) is 0 Å². The van der Waals surface area contributed by atoms with Crippen LogP contribution in [0.4, 0.5) is 0 Å². The van der Waals surface area contributed by atoms with Crippen LogP contribution in [0.1, 0.15) is 13.8 Å². The zero-order valence-corrected chi connectivity index (χ0v) is 7.71. The summed E-state index contributed by atoms with van der Waals surface area (Å²) < 4.78 is 0. The van der Waals surface area contributed by atoms with E-state index in [0.717, 1.165) is 19.6 Å². The molecule has 0 saturated carbocycles. The molecule has 1 N–H and O–H groups in total. The van der Waals surface area contributed by atoms with E-state index in [4.69, 9.17) is 0 Å². The molecule has 0 bridgehead atoms. The number of nitrogens with one attached hydrogen (secondary N) is 1. The Morgan fingerprint density at radius 1 is 1.67 bits per heavy atom. The lowest BCUT2D eigenvalue weighted by Gasteiger charge is -2.31. The molecule has 0 aromatic rings. The molecule has 0 aromatic carbocycles. The zero-order valence-electron chi connectivity index (χ0n) is 7.71. The Morgan fingerprint density at radius 2 is 2.42 bits per heavy atom. The molecular weight excluding hydrogens is 152 g/mol. The van der Waals surface area contributed by atoms with E-state index in [9.17, 15) is 4.79 Å². The van der Waals surface area contributed by atoms with E-state index in [0.29, 0.717) is 6.04 Å². The maximum absolute atomic E-state index is 11.4. The molecule has 3 heteroatoms. The zero-order chi connectivity index (χ0) is 8.97. The smallest absolute Gasteiger partial charge is 0.246 e. The molecule has 1 fully saturated rings. The minimum atomic E-state index is 0.130. The molecule has 0 spiro atoms. The molecule has 0 radical (unpaired) electrons. The Bertz CT molecular complexity index is 189. The van der Waals surface area contributed by atoms with Crippen molar-refractivity contribution >= 4 is 5.91 Å². The van der Waals surface area contributed by atoms with E-state index in [1.54, 1.807) is 12.2 Å². The number of piperazine rings is 1. The van der Waals surface area contributed by atoms with Gasteiger partial charge in [-0.25, -0.2) is 0 Å². The molecular formula is C9H16N2O. The lowest BCUT2D eigenvalue weighted by Crippen LogP contribution is -2.50. The maximum Gasteiger partial charge on any atom is 0.246 e. The Labute approximate surface area is 73.4 Å². The highest BCUT2D eigenvalue weighted by Gasteiger charge is 2.17. The van der Waals surface area contributed by atoms with Gasteiger partial charge >= 0.3 is 0 Å². The van der Waals surface area contributed by atoms with Gasteiger partial charge in [-0.05, 0) is 19.9 Å². The number of carbonyl (C=O) groups excluding carboxylic acids is 1. The molecule has 3 nitrogen and oxygen atoms in total. The van der Waals surface area contributed by atoms with Crippen LogP contribution < -0.4 is 5.32 Å². The molecule has 1 heterocycles. The standard InChI is InChI=1S/C9H16N2O/c1-3-4-9(12)11-6-5-10-8(2)7-11/h3-4,8,10H,5-7H2,1-2H3/b4-3+/t8-/m1/s1. The average molecular weight is 168 g/mol. The molecule has 68 valence electrons. The second-order valence-electron chi connectivity index (χ2n) is 3.14. The van der Waals surface area contributed by atoms with Crippen molar-refractivity contribution in [2.24, 2.45) is 0 Å². The predicted molar refractivity (Wildman–Crippen MR) is 48.9 cm³/mol. The topological polar surface area (TPSA) is 32.3 Å². The van der Waals surface area contributed by atoms with Crippen molar-refractivity contribution in [3.8, 4) is 0 Å². The molecule has 0 aromatic heterocycles. The largest absolute Gasteiger partial charge is 0.336 e. The van der Waals surface area contributed by atoms with Crippen molar-refractivity contribution in [3.63, 3.8) is 0 Å². The van der Waals surface area contributed by atoms with Gasteiger partial charge in [-0.1, -0.05) is 6.08 Å². The third-order valence-corrected chi connectivity index (χ3v) is 1.99. The first-order valence-corrected chi connectivity index (χ1v) is 4.39. The second-order valence-corrected chi connectivity index (χ2v) is 3.14. The van der Waals surface area contributed by atoms with E-state index in [1.165, 1.54) is 0 Å². The van der Waals surface area contributed by atoms with Gasteiger partial charge in [0.1, 0.15) is 0 Å². The normalized spacial score (nSPS) is 24.8. The lowest BCUT2D eigenvalue weighted by molar-refractivity contribution is -0.127. The van der Waals surface area contributed by atoms with Crippen LogP contribution in [0.25, 0.3) is 0 Å². The van der Waals surface area contributed by atoms with Crippen LogP contribution in [0.3, 0.4) is 0 Å². The number of hydrogen-bond acceptors (Lipinski definition) is 2. The van der Waals surface area contributed by atoms with E-state index in [-0.39, 0.29) is 5.91 Å².